The van der Waals surface area contributed by atoms with Gasteiger partial charge in [-0.25, -0.2) is 13.2 Å². The number of piperidine rings is 1. The molecule has 0 spiro atoms. The molecule has 1 aliphatic rings. The summed E-state index contributed by atoms with van der Waals surface area (Å²) in [4.78, 5) is 13.8. The van der Waals surface area contributed by atoms with Gasteiger partial charge in [0, 0.05) is 32.4 Å². The van der Waals surface area contributed by atoms with Gasteiger partial charge in [-0.1, -0.05) is 19.4 Å². The van der Waals surface area contributed by atoms with Crippen LogP contribution < -0.4 is 5.32 Å². The summed E-state index contributed by atoms with van der Waals surface area (Å²) in [5, 5.41) is 2.75. The number of hydrogen-bond acceptors (Lipinski definition) is 3. The molecule has 1 aromatic carbocycles. The number of carbonyl (C=O) groups is 1. The van der Waals surface area contributed by atoms with E-state index in [1.807, 2.05) is 6.92 Å². The molecule has 0 unspecified atom stereocenters. The molecule has 0 radical (unpaired) electrons. The van der Waals surface area contributed by atoms with E-state index in [0.29, 0.717) is 25.3 Å². The number of carbonyl (C=O) groups excluding carboxylic acids is 1. The van der Waals surface area contributed by atoms with Crippen LogP contribution in [0.2, 0.25) is 0 Å². The van der Waals surface area contributed by atoms with Crippen molar-refractivity contribution in [3.05, 3.63) is 24.3 Å². The van der Waals surface area contributed by atoms with Crippen LogP contribution >= 0.6 is 0 Å². The number of urea groups is 1. The van der Waals surface area contributed by atoms with Crippen LogP contribution in [-0.2, 0) is 10.0 Å². The van der Waals surface area contributed by atoms with E-state index >= 15 is 0 Å². The maximum absolute atomic E-state index is 12.7. The Morgan fingerprint density at radius 2 is 1.96 bits per heavy atom. The van der Waals surface area contributed by atoms with E-state index in [-0.39, 0.29) is 10.9 Å². The van der Waals surface area contributed by atoms with Gasteiger partial charge in [-0.3, -0.25) is 0 Å². The third kappa shape index (κ3) is 4.45. The maximum atomic E-state index is 12.7. The second-order valence-corrected chi connectivity index (χ2v) is 7.78. The number of nitrogens with zero attached hydrogens (tertiary/aromatic N) is 2. The molecule has 2 amide bonds. The van der Waals surface area contributed by atoms with E-state index in [0.717, 1.165) is 25.7 Å². The Kier molecular flexibility index (Phi) is 6.01. The van der Waals surface area contributed by atoms with E-state index in [1.165, 1.54) is 10.4 Å². The van der Waals surface area contributed by atoms with Gasteiger partial charge >= 0.3 is 6.03 Å². The molecule has 6 nitrogen and oxygen atoms in total. The molecular weight excluding hydrogens is 314 g/mol. The zero-order valence-electron chi connectivity index (χ0n) is 13.8. The van der Waals surface area contributed by atoms with Crippen LogP contribution in [0.5, 0.6) is 0 Å². The standard InChI is InChI=1S/C16H25N3O3S/c1-3-10-18(2)16(20)17-14-8-7-9-15(13-14)23(21,22)19-11-5-4-6-12-19/h7-9,13H,3-6,10-12H2,1-2H3,(H,17,20). The van der Waals surface area contributed by atoms with Crippen molar-refractivity contribution in [1.82, 2.24) is 9.21 Å². The highest BCUT2D eigenvalue weighted by Crippen LogP contribution is 2.23. The van der Waals surface area contributed by atoms with Crippen LogP contribution in [0.3, 0.4) is 0 Å². The SMILES string of the molecule is CCCN(C)C(=O)Nc1cccc(S(=O)(=O)N2CCCCC2)c1. The van der Waals surface area contributed by atoms with Crippen molar-refractivity contribution in [3.63, 3.8) is 0 Å². The summed E-state index contributed by atoms with van der Waals surface area (Å²) in [6, 6.07) is 6.23. The number of benzene rings is 1. The molecule has 7 heteroatoms. The fourth-order valence-corrected chi connectivity index (χ4v) is 4.21. The van der Waals surface area contributed by atoms with E-state index in [2.05, 4.69) is 5.32 Å². The summed E-state index contributed by atoms with van der Waals surface area (Å²) in [6.07, 6.45) is 3.74. The lowest BCUT2D eigenvalue weighted by Gasteiger charge is -2.26. The minimum Gasteiger partial charge on any atom is -0.328 e. The lowest BCUT2D eigenvalue weighted by molar-refractivity contribution is 0.222. The number of sulfonamides is 1. The molecule has 1 aromatic rings. The van der Waals surface area contributed by atoms with Crippen molar-refractivity contribution in [2.45, 2.75) is 37.5 Å². The van der Waals surface area contributed by atoms with Crippen LogP contribution in [0.4, 0.5) is 10.5 Å². The van der Waals surface area contributed by atoms with Gasteiger partial charge in [0.2, 0.25) is 10.0 Å². The maximum Gasteiger partial charge on any atom is 0.321 e. The number of hydrogen-bond donors (Lipinski definition) is 1. The van der Waals surface area contributed by atoms with Crippen molar-refractivity contribution in [1.29, 1.82) is 0 Å². The summed E-state index contributed by atoms with van der Waals surface area (Å²) in [5.41, 5.74) is 0.496. The smallest absolute Gasteiger partial charge is 0.321 e. The largest absolute Gasteiger partial charge is 0.328 e. The van der Waals surface area contributed by atoms with E-state index in [9.17, 15) is 13.2 Å². The van der Waals surface area contributed by atoms with Gasteiger partial charge in [0.25, 0.3) is 0 Å². The molecule has 23 heavy (non-hydrogen) atoms. The Hall–Kier alpha value is -1.60. The van der Waals surface area contributed by atoms with Crippen molar-refractivity contribution < 1.29 is 13.2 Å². The highest BCUT2D eigenvalue weighted by atomic mass is 32.2. The van der Waals surface area contributed by atoms with Gasteiger partial charge in [0.15, 0.2) is 0 Å². The fraction of sp³-hybridized carbons (Fsp3) is 0.562. The Bertz CT molecular complexity index is 640. The lowest BCUT2D eigenvalue weighted by atomic mass is 10.2. The zero-order valence-corrected chi connectivity index (χ0v) is 14.6. The summed E-state index contributed by atoms with van der Waals surface area (Å²) in [7, 11) is -1.77. The first-order valence-corrected chi connectivity index (χ1v) is 9.51. The van der Waals surface area contributed by atoms with Gasteiger partial charge in [0.05, 0.1) is 4.90 Å². The molecule has 0 atom stereocenters. The lowest BCUT2D eigenvalue weighted by Crippen LogP contribution is -2.35. The molecule has 0 aromatic heterocycles. The second kappa shape index (κ2) is 7.79. The van der Waals surface area contributed by atoms with Crippen molar-refractivity contribution in [3.8, 4) is 0 Å². The predicted octanol–water partition coefficient (Wildman–Crippen LogP) is 2.73. The molecular formula is C16H25N3O3S. The van der Waals surface area contributed by atoms with Crippen molar-refractivity contribution in [2.75, 3.05) is 32.0 Å². The average molecular weight is 339 g/mol. The number of nitrogens with one attached hydrogen (secondary N) is 1. The first kappa shape index (κ1) is 17.7. The van der Waals surface area contributed by atoms with Gasteiger partial charge in [-0.15, -0.1) is 0 Å². The number of anilines is 1. The third-order valence-corrected chi connectivity index (χ3v) is 5.84. The van der Waals surface area contributed by atoms with E-state index in [1.54, 1.807) is 30.1 Å². The molecule has 1 saturated heterocycles. The molecule has 0 aliphatic carbocycles. The Morgan fingerprint density at radius 3 is 2.61 bits per heavy atom. The van der Waals surface area contributed by atoms with Gasteiger partial charge < -0.3 is 10.2 Å². The summed E-state index contributed by atoms with van der Waals surface area (Å²) in [6.45, 7) is 3.78. The molecule has 1 heterocycles. The normalized spacial score (nSPS) is 16.1. The highest BCUT2D eigenvalue weighted by Gasteiger charge is 2.26. The number of amides is 2. The van der Waals surface area contributed by atoms with Gasteiger partial charge in [-0.2, -0.15) is 4.31 Å². The summed E-state index contributed by atoms with van der Waals surface area (Å²) < 4.78 is 26.9. The molecule has 2 rings (SSSR count). The summed E-state index contributed by atoms with van der Waals surface area (Å²) >= 11 is 0. The predicted molar refractivity (Wildman–Crippen MR) is 91.0 cm³/mol. The first-order chi connectivity index (χ1) is 10.9. The minimum absolute atomic E-state index is 0.232. The first-order valence-electron chi connectivity index (χ1n) is 8.07. The molecule has 1 N–H and O–H groups in total. The third-order valence-electron chi connectivity index (χ3n) is 3.94. The minimum atomic E-state index is -3.48. The zero-order chi connectivity index (χ0) is 16.9. The summed E-state index contributed by atoms with van der Waals surface area (Å²) in [5.74, 6) is 0. The van der Waals surface area contributed by atoms with Crippen LogP contribution in [0.25, 0.3) is 0 Å². The van der Waals surface area contributed by atoms with Crippen molar-refractivity contribution >= 4 is 21.7 Å². The van der Waals surface area contributed by atoms with E-state index in [4.69, 9.17) is 0 Å². The van der Waals surface area contributed by atoms with Gasteiger partial charge in [-0.05, 0) is 37.5 Å². The van der Waals surface area contributed by atoms with Gasteiger partial charge in [0.1, 0.15) is 0 Å². The average Bonchev–Trinajstić information content (AvgIpc) is 2.56. The molecule has 1 aliphatic heterocycles. The van der Waals surface area contributed by atoms with Crippen LogP contribution in [0.15, 0.2) is 29.2 Å². The Morgan fingerprint density at radius 1 is 1.26 bits per heavy atom. The fourth-order valence-electron chi connectivity index (χ4n) is 2.64. The molecule has 0 saturated carbocycles. The highest BCUT2D eigenvalue weighted by molar-refractivity contribution is 7.89. The number of rotatable bonds is 5. The van der Waals surface area contributed by atoms with Crippen molar-refractivity contribution in [2.24, 2.45) is 0 Å². The van der Waals surface area contributed by atoms with Crippen LogP contribution in [-0.4, -0.2) is 50.3 Å². The van der Waals surface area contributed by atoms with Crippen LogP contribution in [0, 0.1) is 0 Å². The second-order valence-electron chi connectivity index (χ2n) is 5.84. The molecule has 0 bridgehead atoms. The molecule has 1 fully saturated rings. The topological polar surface area (TPSA) is 69.7 Å². The molecule has 128 valence electrons. The Balaban J connectivity index is 2.14. The van der Waals surface area contributed by atoms with Crippen LogP contribution in [0.1, 0.15) is 32.6 Å². The van der Waals surface area contributed by atoms with E-state index < -0.39 is 10.0 Å². The Labute approximate surface area is 138 Å². The monoisotopic (exact) mass is 339 g/mol. The quantitative estimate of drug-likeness (QED) is 0.897.